The maximum absolute atomic E-state index is 13.3. The number of aliphatic hydroxyl groups is 2. The molecule has 14 nitrogen and oxygen atoms in total. The number of nitrogens with zero attached hydrogens (tertiary/aromatic N) is 3. The minimum absolute atomic E-state index is 0.138. The van der Waals surface area contributed by atoms with Crippen LogP contribution < -0.4 is 15.1 Å². The van der Waals surface area contributed by atoms with E-state index < -0.39 is 50.9 Å². The number of carboxylic acid groups (broad SMARTS) is 1. The molecule has 1 aliphatic rings. The average Bonchev–Trinajstić information content (AvgIpc) is 3.39. The molecule has 0 spiro atoms. The summed E-state index contributed by atoms with van der Waals surface area (Å²) in [5.41, 5.74) is 2.26. The van der Waals surface area contributed by atoms with Gasteiger partial charge in [0.1, 0.15) is 42.1 Å². The van der Waals surface area contributed by atoms with Crippen molar-refractivity contribution in [2.45, 2.75) is 37.5 Å². The van der Waals surface area contributed by atoms with Crippen LogP contribution in [0.4, 0.5) is 5.82 Å². The minimum atomic E-state index is -4.25. The molecule has 1 aromatic carbocycles. The molecule has 188 valence electrons. The van der Waals surface area contributed by atoms with Crippen molar-refractivity contribution in [3.05, 3.63) is 48.9 Å². The van der Waals surface area contributed by atoms with Gasteiger partial charge in [0.05, 0.1) is 12.0 Å². The van der Waals surface area contributed by atoms with Gasteiger partial charge >= 0.3 is 13.7 Å². The van der Waals surface area contributed by atoms with Crippen LogP contribution in [0.5, 0.6) is 5.75 Å². The molecule has 15 heteroatoms. The third-order valence-corrected chi connectivity index (χ3v) is 6.97. The average molecular weight is 509 g/mol. The lowest BCUT2D eigenvalue weighted by molar-refractivity contribution is -0.138. The van der Waals surface area contributed by atoms with Crippen LogP contribution in [0.25, 0.3) is 11.0 Å². The Morgan fingerprint density at radius 2 is 1.97 bits per heavy atom. The van der Waals surface area contributed by atoms with Gasteiger partial charge in [-0.05, 0) is 25.1 Å². The number of hydrogen-bond donors (Lipinski definition) is 6. The standard InChI is InChI=1S/C20H24N5O9P/c1-11(20(28)29)24-35(31,34-12-5-3-2-4-6-12)32-9-14-15(26)16(27)19(33-14)25-8-7-13-17(23-30)21-10-22-18(13)25/h2-8,10-11,14-16,19,26-27,30H,9H2,1H3,(H,24,31)(H,28,29)(H,21,22,23)/t11-,14+,15+,16+,19+,35-/m0/s1. The first-order valence-corrected chi connectivity index (χ1v) is 12.0. The van der Waals surface area contributed by atoms with Gasteiger partial charge in [-0.3, -0.25) is 20.0 Å². The molecule has 1 aliphatic heterocycles. The van der Waals surface area contributed by atoms with Gasteiger partial charge in [0, 0.05) is 6.20 Å². The van der Waals surface area contributed by atoms with Gasteiger partial charge in [0.15, 0.2) is 12.0 Å². The molecule has 3 aromatic rings. The number of carbonyl (C=O) groups is 1. The van der Waals surface area contributed by atoms with Gasteiger partial charge in [0.2, 0.25) is 0 Å². The number of benzene rings is 1. The Hall–Kier alpha value is -3.10. The molecule has 35 heavy (non-hydrogen) atoms. The van der Waals surface area contributed by atoms with Crippen molar-refractivity contribution < 1.29 is 43.7 Å². The molecule has 0 unspecified atom stereocenters. The second-order valence-corrected chi connectivity index (χ2v) is 9.42. The maximum Gasteiger partial charge on any atom is 0.459 e. The quantitative estimate of drug-likeness (QED) is 0.168. The first kappa shape index (κ1) is 25.0. The molecular formula is C20H24N5O9P. The molecular weight excluding hydrogens is 485 g/mol. The SMILES string of the molecule is C[C@H](N[P@](=O)(OC[C@H]1O[C@@H](n2ccc3c(NO)ncnc32)[C@H](O)[C@@H]1O)Oc1ccccc1)C(=O)O. The zero-order valence-corrected chi connectivity index (χ0v) is 19.2. The third kappa shape index (κ3) is 5.28. The number of carboxylic acids is 1. The summed E-state index contributed by atoms with van der Waals surface area (Å²) in [4.78, 5) is 19.3. The highest BCUT2D eigenvalue weighted by Crippen LogP contribution is 2.46. The van der Waals surface area contributed by atoms with Gasteiger partial charge < -0.3 is 29.1 Å². The summed E-state index contributed by atoms with van der Waals surface area (Å²) in [6, 6.07) is 8.31. The van der Waals surface area contributed by atoms with Crippen molar-refractivity contribution in [2.24, 2.45) is 0 Å². The highest BCUT2D eigenvalue weighted by molar-refractivity contribution is 7.52. The Balaban J connectivity index is 1.51. The summed E-state index contributed by atoms with van der Waals surface area (Å²) in [5.74, 6) is -0.978. The lowest BCUT2D eigenvalue weighted by Crippen LogP contribution is -2.36. The monoisotopic (exact) mass is 509 g/mol. The lowest BCUT2D eigenvalue weighted by atomic mass is 10.1. The van der Waals surface area contributed by atoms with Crippen molar-refractivity contribution in [3.8, 4) is 5.75 Å². The normalized spacial score (nSPS) is 24.7. The fourth-order valence-electron chi connectivity index (χ4n) is 3.54. The smallest absolute Gasteiger partial charge is 0.459 e. The summed E-state index contributed by atoms with van der Waals surface area (Å²) >= 11 is 0. The number of ether oxygens (including phenoxy) is 1. The van der Waals surface area contributed by atoms with Gasteiger partial charge in [-0.1, -0.05) is 18.2 Å². The highest BCUT2D eigenvalue weighted by Gasteiger charge is 2.45. The summed E-state index contributed by atoms with van der Waals surface area (Å²) in [6.45, 7) is 0.762. The number of rotatable bonds is 10. The Bertz CT molecular complexity index is 1230. The molecule has 0 bridgehead atoms. The van der Waals surface area contributed by atoms with Gasteiger partial charge in [-0.25, -0.2) is 14.5 Å². The van der Waals surface area contributed by atoms with E-state index in [1.165, 1.54) is 36.1 Å². The van der Waals surface area contributed by atoms with Crippen LogP contribution in [-0.2, 0) is 18.6 Å². The molecule has 1 saturated heterocycles. The van der Waals surface area contributed by atoms with Gasteiger partial charge in [0.25, 0.3) is 0 Å². The van der Waals surface area contributed by atoms with Crippen LogP contribution >= 0.6 is 7.75 Å². The van der Waals surface area contributed by atoms with Crippen molar-refractivity contribution in [1.29, 1.82) is 0 Å². The van der Waals surface area contributed by atoms with Crippen molar-refractivity contribution in [3.63, 3.8) is 0 Å². The van der Waals surface area contributed by atoms with Gasteiger partial charge in [-0.15, -0.1) is 0 Å². The van der Waals surface area contributed by atoms with Crippen LogP contribution in [0.15, 0.2) is 48.9 Å². The Kier molecular flexibility index (Phi) is 7.33. The first-order valence-electron chi connectivity index (χ1n) is 10.5. The number of anilines is 1. The van der Waals surface area contributed by atoms with E-state index in [-0.39, 0.29) is 11.6 Å². The van der Waals surface area contributed by atoms with E-state index in [2.05, 4.69) is 15.1 Å². The number of aliphatic hydroxyl groups excluding tert-OH is 2. The molecule has 0 saturated carbocycles. The predicted octanol–water partition coefficient (Wildman–Crippen LogP) is 1.12. The molecule has 1 fully saturated rings. The van der Waals surface area contributed by atoms with Crippen molar-refractivity contribution >= 4 is 30.6 Å². The molecule has 4 rings (SSSR count). The summed E-state index contributed by atoms with van der Waals surface area (Å²) < 4.78 is 31.4. The predicted molar refractivity (Wildman–Crippen MR) is 120 cm³/mol. The second kappa shape index (κ2) is 10.3. The Morgan fingerprint density at radius 3 is 2.66 bits per heavy atom. The van der Waals surface area contributed by atoms with Crippen LogP contribution in [0, 0.1) is 0 Å². The number of aliphatic carboxylic acids is 1. The number of para-hydroxylation sites is 1. The van der Waals surface area contributed by atoms with Crippen molar-refractivity contribution in [1.82, 2.24) is 19.6 Å². The fraction of sp³-hybridized carbons (Fsp3) is 0.350. The maximum atomic E-state index is 13.3. The first-order chi connectivity index (χ1) is 16.7. The molecule has 0 aliphatic carbocycles. The van der Waals surface area contributed by atoms with E-state index in [4.69, 9.17) is 13.8 Å². The van der Waals surface area contributed by atoms with Crippen LogP contribution in [-0.4, -0.2) is 72.0 Å². The summed E-state index contributed by atoms with van der Waals surface area (Å²) in [6.07, 6.45) is -2.39. The Labute approximate surface area is 198 Å². The van der Waals surface area contributed by atoms with E-state index >= 15 is 0 Å². The van der Waals surface area contributed by atoms with Crippen molar-refractivity contribution in [2.75, 3.05) is 12.1 Å². The Morgan fingerprint density at radius 1 is 1.23 bits per heavy atom. The lowest BCUT2D eigenvalue weighted by Gasteiger charge is -2.24. The number of hydrogen-bond acceptors (Lipinski definition) is 11. The third-order valence-electron chi connectivity index (χ3n) is 5.33. The topological polar surface area (TPSA) is 198 Å². The molecule has 6 N–H and O–H groups in total. The number of nitrogens with one attached hydrogen (secondary N) is 2. The van der Waals surface area contributed by atoms with E-state index in [9.17, 15) is 29.9 Å². The van der Waals surface area contributed by atoms with Crippen LogP contribution in [0.1, 0.15) is 13.2 Å². The van der Waals surface area contributed by atoms with Crippen LogP contribution in [0.2, 0.25) is 0 Å². The minimum Gasteiger partial charge on any atom is -0.480 e. The van der Waals surface area contributed by atoms with E-state index in [0.717, 1.165) is 0 Å². The van der Waals surface area contributed by atoms with E-state index in [0.29, 0.717) is 11.0 Å². The molecule has 2 aromatic heterocycles. The van der Waals surface area contributed by atoms with E-state index in [1.54, 1.807) is 24.3 Å². The summed E-state index contributed by atoms with van der Waals surface area (Å²) in [5, 5.41) is 42.4. The largest absolute Gasteiger partial charge is 0.480 e. The molecule has 0 radical (unpaired) electrons. The fourth-order valence-corrected chi connectivity index (χ4v) is 5.04. The number of fused-ring (bicyclic) bond motifs is 1. The zero-order valence-electron chi connectivity index (χ0n) is 18.3. The highest BCUT2D eigenvalue weighted by atomic mass is 31.2. The van der Waals surface area contributed by atoms with Gasteiger partial charge in [-0.2, -0.15) is 5.09 Å². The summed E-state index contributed by atoms with van der Waals surface area (Å²) in [7, 11) is -4.25. The molecule has 6 atom stereocenters. The van der Waals surface area contributed by atoms with E-state index in [1.807, 2.05) is 5.48 Å². The second-order valence-electron chi connectivity index (χ2n) is 7.73. The van der Waals surface area contributed by atoms with Crippen LogP contribution in [0.3, 0.4) is 0 Å². The molecule has 0 amide bonds. The number of aromatic nitrogens is 3. The molecule has 3 heterocycles. The zero-order chi connectivity index (χ0) is 25.2.